The average molecular weight is 275 g/mol. The van der Waals surface area contributed by atoms with Gasteiger partial charge in [0, 0.05) is 4.90 Å². The Morgan fingerprint density at radius 3 is 2.50 bits per heavy atom. The summed E-state index contributed by atoms with van der Waals surface area (Å²) < 4.78 is 41.3. The summed E-state index contributed by atoms with van der Waals surface area (Å²) >= 11 is -0.329. The van der Waals surface area contributed by atoms with Crippen molar-refractivity contribution < 1.29 is 22.7 Å². The van der Waals surface area contributed by atoms with Gasteiger partial charge in [-0.2, -0.15) is 18.4 Å². The molecule has 0 radical (unpaired) electrons. The third-order valence-electron chi connectivity index (χ3n) is 2.07. The fraction of sp³-hybridized carbons (Fsp3) is 0.273. The summed E-state index contributed by atoms with van der Waals surface area (Å²) in [5.74, 6) is -0.837. The highest BCUT2D eigenvalue weighted by Crippen LogP contribution is 2.39. The number of methoxy groups -OCH3 is 1. The van der Waals surface area contributed by atoms with E-state index in [1.807, 2.05) is 0 Å². The minimum atomic E-state index is -4.45. The molecular weight excluding hydrogens is 267 g/mol. The maximum absolute atomic E-state index is 12.3. The monoisotopic (exact) mass is 275 g/mol. The molecule has 1 aromatic carbocycles. The predicted octanol–water partition coefficient (Wildman–Crippen LogP) is 3.27. The molecule has 0 aliphatic rings. The number of hydrogen-bond donors (Lipinski definition) is 0. The molecule has 0 unspecified atom stereocenters. The number of aryl methyl sites for hydroxylation is 1. The summed E-state index contributed by atoms with van der Waals surface area (Å²) in [5.41, 5.74) is -4.35. The normalized spacial score (nSPS) is 10.9. The molecule has 0 heterocycles. The van der Waals surface area contributed by atoms with Gasteiger partial charge in [0.2, 0.25) is 0 Å². The molecule has 0 amide bonds. The van der Waals surface area contributed by atoms with E-state index in [0.29, 0.717) is 0 Å². The Morgan fingerprint density at radius 1 is 1.44 bits per heavy atom. The second-order valence-corrected chi connectivity index (χ2v) is 4.42. The van der Waals surface area contributed by atoms with Crippen LogP contribution in [0, 0.1) is 18.3 Å². The van der Waals surface area contributed by atoms with Gasteiger partial charge in [-0.15, -0.1) is 0 Å². The topological polar surface area (TPSA) is 50.1 Å². The van der Waals surface area contributed by atoms with Crippen LogP contribution in [0.25, 0.3) is 0 Å². The average Bonchev–Trinajstić information content (AvgIpc) is 2.28. The van der Waals surface area contributed by atoms with Gasteiger partial charge in [-0.25, -0.2) is 4.79 Å². The highest BCUT2D eigenvalue weighted by Gasteiger charge is 2.31. The van der Waals surface area contributed by atoms with Crippen LogP contribution in [0.15, 0.2) is 17.0 Å². The molecule has 0 saturated carbocycles. The van der Waals surface area contributed by atoms with E-state index in [2.05, 4.69) is 4.74 Å². The Labute approximate surface area is 106 Å². The Bertz CT molecular complexity index is 520. The van der Waals surface area contributed by atoms with Crippen molar-refractivity contribution in [2.75, 3.05) is 7.11 Å². The first kappa shape index (κ1) is 14.4. The summed E-state index contributed by atoms with van der Waals surface area (Å²) in [4.78, 5) is 11.2. The third-order valence-corrected chi connectivity index (χ3v) is 2.96. The number of esters is 1. The molecule has 0 aliphatic carbocycles. The first-order valence-corrected chi connectivity index (χ1v) is 5.49. The highest BCUT2D eigenvalue weighted by atomic mass is 32.2. The van der Waals surface area contributed by atoms with Gasteiger partial charge in [0.05, 0.1) is 18.2 Å². The molecule has 0 N–H and O–H groups in total. The van der Waals surface area contributed by atoms with Crippen LogP contribution in [0.4, 0.5) is 13.2 Å². The second-order valence-electron chi connectivity index (χ2n) is 3.31. The van der Waals surface area contributed by atoms with Crippen molar-refractivity contribution >= 4 is 17.7 Å². The number of alkyl halides is 3. The lowest BCUT2D eigenvalue weighted by Gasteiger charge is -2.11. The number of thioether (sulfide) groups is 1. The molecule has 0 bridgehead atoms. The van der Waals surface area contributed by atoms with Gasteiger partial charge in [-0.3, -0.25) is 0 Å². The first-order chi connectivity index (χ1) is 8.28. The predicted molar refractivity (Wildman–Crippen MR) is 59.1 cm³/mol. The van der Waals surface area contributed by atoms with Crippen LogP contribution in [0.5, 0.6) is 0 Å². The van der Waals surface area contributed by atoms with Gasteiger partial charge in [0.1, 0.15) is 6.07 Å². The number of carbonyl (C=O) groups is 1. The van der Waals surface area contributed by atoms with Crippen molar-refractivity contribution in [2.45, 2.75) is 17.3 Å². The third kappa shape index (κ3) is 3.40. The van der Waals surface area contributed by atoms with Crippen molar-refractivity contribution in [3.8, 4) is 6.07 Å². The van der Waals surface area contributed by atoms with Gasteiger partial charge >= 0.3 is 11.5 Å². The van der Waals surface area contributed by atoms with Crippen LogP contribution in [0.2, 0.25) is 0 Å². The Hall–Kier alpha value is -1.68. The summed E-state index contributed by atoms with van der Waals surface area (Å²) in [7, 11) is 1.10. The molecule has 0 spiro atoms. The number of nitrogens with zero attached hydrogens (tertiary/aromatic N) is 1. The lowest BCUT2D eigenvalue weighted by molar-refractivity contribution is -0.0328. The molecule has 1 rings (SSSR count). The van der Waals surface area contributed by atoms with Crippen molar-refractivity contribution in [1.29, 1.82) is 5.26 Å². The van der Waals surface area contributed by atoms with E-state index in [1.165, 1.54) is 13.0 Å². The fourth-order valence-electron chi connectivity index (χ4n) is 1.29. The summed E-state index contributed by atoms with van der Waals surface area (Å²) in [6.07, 6.45) is 0. The smallest absolute Gasteiger partial charge is 0.446 e. The van der Waals surface area contributed by atoms with Gasteiger partial charge in [0.15, 0.2) is 0 Å². The number of nitriles is 1. The number of benzene rings is 1. The van der Waals surface area contributed by atoms with E-state index in [9.17, 15) is 18.0 Å². The lowest BCUT2D eigenvalue weighted by Crippen LogP contribution is -2.07. The Morgan fingerprint density at radius 2 is 2.06 bits per heavy atom. The van der Waals surface area contributed by atoms with Gasteiger partial charge in [-0.1, -0.05) is 0 Å². The van der Waals surface area contributed by atoms with E-state index in [-0.39, 0.29) is 33.3 Å². The molecule has 96 valence electrons. The molecule has 0 aliphatic heterocycles. The van der Waals surface area contributed by atoms with Gasteiger partial charge < -0.3 is 4.74 Å². The van der Waals surface area contributed by atoms with Crippen LogP contribution in [0.3, 0.4) is 0 Å². The highest BCUT2D eigenvalue weighted by molar-refractivity contribution is 8.00. The van der Waals surface area contributed by atoms with Crippen molar-refractivity contribution in [2.24, 2.45) is 0 Å². The van der Waals surface area contributed by atoms with E-state index in [0.717, 1.165) is 13.2 Å². The molecule has 0 aromatic heterocycles. The minimum Gasteiger partial charge on any atom is -0.465 e. The zero-order chi connectivity index (χ0) is 13.9. The van der Waals surface area contributed by atoms with Crippen molar-refractivity contribution in [1.82, 2.24) is 0 Å². The van der Waals surface area contributed by atoms with Crippen molar-refractivity contribution in [3.63, 3.8) is 0 Å². The molecule has 7 heteroatoms. The van der Waals surface area contributed by atoms with E-state index in [4.69, 9.17) is 5.26 Å². The van der Waals surface area contributed by atoms with E-state index in [1.54, 1.807) is 6.07 Å². The number of carbonyl (C=O) groups excluding carboxylic acids is 1. The number of halogens is 3. The van der Waals surface area contributed by atoms with Crippen LogP contribution < -0.4 is 0 Å². The molecule has 3 nitrogen and oxygen atoms in total. The largest absolute Gasteiger partial charge is 0.465 e. The van der Waals surface area contributed by atoms with Crippen molar-refractivity contribution in [3.05, 3.63) is 28.8 Å². The molecule has 0 fully saturated rings. The van der Waals surface area contributed by atoms with E-state index < -0.39 is 11.5 Å². The Balaban J connectivity index is 3.31. The minimum absolute atomic E-state index is 0.00845. The molecular formula is C11H8F3NO2S. The van der Waals surface area contributed by atoms with Crippen LogP contribution >= 0.6 is 11.8 Å². The summed E-state index contributed by atoms with van der Waals surface area (Å²) in [5, 5.41) is 8.82. The standard InChI is InChI=1S/C11H8F3NO2S/c1-6-3-7(5-15)8(10(16)17-2)4-9(6)18-11(12,13)14/h3-4H,1-2H3. The Kier molecular flexibility index (Phi) is 4.24. The second kappa shape index (κ2) is 5.31. The quantitative estimate of drug-likeness (QED) is 0.614. The zero-order valence-corrected chi connectivity index (χ0v) is 10.3. The van der Waals surface area contributed by atoms with Crippen LogP contribution in [0.1, 0.15) is 21.5 Å². The lowest BCUT2D eigenvalue weighted by atomic mass is 10.1. The SMILES string of the molecule is COC(=O)c1cc(SC(F)(F)F)c(C)cc1C#N. The van der Waals surface area contributed by atoms with Crippen LogP contribution in [-0.4, -0.2) is 18.6 Å². The first-order valence-electron chi connectivity index (χ1n) is 4.67. The maximum Gasteiger partial charge on any atom is 0.446 e. The number of ether oxygens (including phenoxy) is 1. The molecule has 1 aromatic rings. The zero-order valence-electron chi connectivity index (χ0n) is 9.46. The summed E-state index contributed by atoms with van der Waals surface area (Å²) in [6, 6.07) is 4.01. The molecule has 18 heavy (non-hydrogen) atoms. The van der Waals surface area contributed by atoms with Gasteiger partial charge in [-0.05, 0) is 36.4 Å². The summed E-state index contributed by atoms with van der Waals surface area (Å²) in [6.45, 7) is 1.44. The number of rotatable bonds is 2. The van der Waals surface area contributed by atoms with E-state index >= 15 is 0 Å². The molecule has 0 saturated heterocycles. The van der Waals surface area contributed by atoms with Crippen LogP contribution in [-0.2, 0) is 4.74 Å². The fourth-order valence-corrected chi connectivity index (χ4v) is 1.94. The van der Waals surface area contributed by atoms with Gasteiger partial charge in [0.25, 0.3) is 0 Å². The number of hydrogen-bond acceptors (Lipinski definition) is 4. The maximum atomic E-state index is 12.3. The molecule has 0 atom stereocenters.